The van der Waals surface area contributed by atoms with Gasteiger partial charge in [0.25, 0.3) is 5.91 Å². The Balaban J connectivity index is 2.88. The maximum Gasteiger partial charge on any atom is 0.255 e. The van der Waals surface area contributed by atoms with E-state index in [1.165, 1.54) is 37.2 Å². The van der Waals surface area contributed by atoms with Crippen LogP contribution in [0.5, 0.6) is 5.75 Å². The highest BCUT2D eigenvalue weighted by atomic mass is 35.5. The lowest BCUT2D eigenvalue weighted by molar-refractivity contribution is -0.121. The quantitative estimate of drug-likeness (QED) is 0.843. The lowest BCUT2D eigenvalue weighted by Gasteiger charge is -2.16. The van der Waals surface area contributed by atoms with E-state index in [-0.39, 0.29) is 28.8 Å². The van der Waals surface area contributed by atoms with Crippen LogP contribution < -0.4 is 5.32 Å². The van der Waals surface area contributed by atoms with Crippen molar-refractivity contribution in [2.45, 2.75) is 0 Å². The topological polar surface area (TPSA) is 69.6 Å². The number of carbonyl (C=O) groups is 2. The van der Waals surface area contributed by atoms with Gasteiger partial charge >= 0.3 is 0 Å². The molecule has 1 aromatic carbocycles. The summed E-state index contributed by atoms with van der Waals surface area (Å²) < 4.78 is 0. The van der Waals surface area contributed by atoms with Crippen LogP contribution >= 0.6 is 11.6 Å². The fourth-order valence-electron chi connectivity index (χ4n) is 1.25. The zero-order valence-corrected chi connectivity index (χ0v) is 10.3. The average molecular weight is 257 g/mol. The molecule has 17 heavy (non-hydrogen) atoms. The number of halogens is 1. The molecule has 5 nitrogen and oxygen atoms in total. The summed E-state index contributed by atoms with van der Waals surface area (Å²) in [7, 11) is 2.97. The van der Waals surface area contributed by atoms with Crippen molar-refractivity contribution in [3.63, 3.8) is 0 Å². The van der Waals surface area contributed by atoms with Gasteiger partial charge in [-0.25, -0.2) is 0 Å². The van der Waals surface area contributed by atoms with Crippen LogP contribution in [0.4, 0.5) is 0 Å². The SMILES string of the molecule is CNC(=O)CN(C)C(=O)c1cc(O)ccc1Cl. The molecule has 0 aliphatic carbocycles. The third kappa shape index (κ3) is 3.35. The lowest BCUT2D eigenvalue weighted by atomic mass is 10.2. The number of carbonyl (C=O) groups excluding carboxylic acids is 2. The minimum absolute atomic E-state index is 0.0499. The van der Waals surface area contributed by atoms with Crippen LogP contribution in [0.25, 0.3) is 0 Å². The molecule has 0 saturated heterocycles. The molecule has 0 aliphatic rings. The summed E-state index contributed by atoms with van der Waals surface area (Å²) in [6.45, 7) is -0.0681. The van der Waals surface area contributed by atoms with Crippen molar-refractivity contribution in [1.29, 1.82) is 0 Å². The Morgan fingerprint density at radius 2 is 2.12 bits per heavy atom. The first-order chi connectivity index (χ1) is 7.95. The van der Waals surface area contributed by atoms with Gasteiger partial charge in [0.15, 0.2) is 0 Å². The summed E-state index contributed by atoms with van der Waals surface area (Å²) in [5.41, 5.74) is 0.165. The molecule has 0 spiro atoms. The van der Waals surface area contributed by atoms with E-state index < -0.39 is 5.91 Å². The molecule has 6 heteroatoms. The first kappa shape index (κ1) is 13.3. The zero-order valence-electron chi connectivity index (χ0n) is 9.53. The predicted octanol–water partition coefficient (Wildman–Crippen LogP) is 0.864. The lowest BCUT2D eigenvalue weighted by Crippen LogP contribution is -2.37. The number of hydrogen-bond donors (Lipinski definition) is 2. The molecule has 0 atom stereocenters. The van der Waals surface area contributed by atoms with E-state index in [9.17, 15) is 14.7 Å². The van der Waals surface area contributed by atoms with Crippen LogP contribution in [-0.2, 0) is 4.79 Å². The fraction of sp³-hybridized carbons (Fsp3) is 0.273. The molecule has 2 amide bonds. The number of rotatable bonds is 3. The summed E-state index contributed by atoms with van der Waals surface area (Å²) in [6.07, 6.45) is 0. The number of aromatic hydroxyl groups is 1. The first-order valence-corrected chi connectivity index (χ1v) is 5.28. The van der Waals surface area contributed by atoms with Gasteiger partial charge in [0.1, 0.15) is 5.75 Å². The number of hydrogen-bond acceptors (Lipinski definition) is 3. The summed E-state index contributed by atoms with van der Waals surface area (Å²) >= 11 is 5.85. The normalized spacial score (nSPS) is 9.82. The van der Waals surface area contributed by atoms with Gasteiger partial charge in [0, 0.05) is 14.1 Å². The van der Waals surface area contributed by atoms with Crippen LogP contribution in [0.15, 0.2) is 18.2 Å². The monoisotopic (exact) mass is 256 g/mol. The molecule has 0 aliphatic heterocycles. The number of nitrogens with one attached hydrogen (secondary N) is 1. The molecule has 0 heterocycles. The molecular weight excluding hydrogens is 244 g/mol. The van der Waals surface area contributed by atoms with Gasteiger partial charge in [0.2, 0.25) is 5.91 Å². The molecule has 0 saturated carbocycles. The van der Waals surface area contributed by atoms with Crippen molar-refractivity contribution in [1.82, 2.24) is 10.2 Å². The van der Waals surface area contributed by atoms with E-state index in [0.717, 1.165) is 0 Å². The molecule has 92 valence electrons. The van der Waals surface area contributed by atoms with E-state index in [0.29, 0.717) is 0 Å². The van der Waals surface area contributed by atoms with Crippen molar-refractivity contribution < 1.29 is 14.7 Å². The molecule has 0 unspecified atom stereocenters. The van der Waals surface area contributed by atoms with Gasteiger partial charge in [-0.2, -0.15) is 0 Å². The van der Waals surface area contributed by atoms with E-state index >= 15 is 0 Å². The van der Waals surface area contributed by atoms with Crippen LogP contribution in [-0.4, -0.2) is 42.5 Å². The van der Waals surface area contributed by atoms with Crippen molar-refractivity contribution in [3.8, 4) is 5.75 Å². The van der Waals surface area contributed by atoms with Crippen molar-refractivity contribution >= 4 is 23.4 Å². The Hall–Kier alpha value is -1.75. The van der Waals surface area contributed by atoms with Crippen LogP contribution in [0, 0.1) is 0 Å². The van der Waals surface area contributed by atoms with Crippen LogP contribution in [0.2, 0.25) is 5.02 Å². The molecule has 0 radical (unpaired) electrons. The Labute approximate surface area is 104 Å². The van der Waals surface area contributed by atoms with Gasteiger partial charge in [0.05, 0.1) is 17.1 Å². The molecule has 1 aromatic rings. The van der Waals surface area contributed by atoms with Gasteiger partial charge in [-0.3, -0.25) is 9.59 Å². The molecular formula is C11H13ClN2O3. The fourth-order valence-corrected chi connectivity index (χ4v) is 1.45. The number of likely N-dealkylation sites (N-methyl/N-ethyl adjacent to an activating group) is 2. The van der Waals surface area contributed by atoms with Gasteiger partial charge in [-0.15, -0.1) is 0 Å². The number of benzene rings is 1. The first-order valence-electron chi connectivity index (χ1n) is 4.90. The predicted molar refractivity (Wildman–Crippen MR) is 64.1 cm³/mol. The van der Waals surface area contributed by atoms with Gasteiger partial charge in [-0.1, -0.05) is 11.6 Å². The summed E-state index contributed by atoms with van der Waals surface area (Å²) in [6, 6.07) is 4.08. The minimum atomic E-state index is -0.422. The van der Waals surface area contributed by atoms with Gasteiger partial charge < -0.3 is 15.3 Å². The van der Waals surface area contributed by atoms with E-state index in [1.54, 1.807) is 0 Å². The largest absolute Gasteiger partial charge is 0.508 e. The van der Waals surface area contributed by atoms with E-state index in [4.69, 9.17) is 11.6 Å². The maximum atomic E-state index is 11.9. The van der Waals surface area contributed by atoms with Crippen molar-refractivity contribution in [2.75, 3.05) is 20.6 Å². The zero-order chi connectivity index (χ0) is 13.0. The molecule has 0 aromatic heterocycles. The highest BCUT2D eigenvalue weighted by Gasteiger charge is 2.17. The number of nitrogens with zero attached hydrogens (tertiary/aromatic N) is 1. The summed E-state index contributed by atoms with van der Waals surface area (Å²) in [5, 5.41) is 11.9. The van der Waals surface area contributed by atoms with Crippen LogP contribution in [0.3, 0.4) is 0 Å². The van der Waals surface area contributed by atoms with Crippen molar-refractivity contribution in [3.05, 3.63) is 28.8 Å². The number of amides is 2. The van der Waals surface area contributed by atoms with Crippen LogP contribution in [0.1, 0.15) is 10.4 Å². The third-order valence-electron chi connectivity index (χ3n) is 2.19. The summed E-state index contributed by atoms with van der Waals surface area (Å²) in [4.78, 5) is 24.3. The number of phenols is 1. The molecule has 1 rings (SSSR count). The minimum Gasteiger partial charge on any atom is -0.508 e. The summed E-state index contributed by atoms with van der Waals surface area (Å²) in [5.74, 6) is -0.752. The van der Waals surface area contributed by atoms with Gasteiger partial charge in [-0.05, 0) is 18.2 Å². The maximum absolute atomic E-state index is 11.9. The standard InChI is InChI=1S/C11H13ClN2O3/c1-13-10(16)6-14(2)11(17)8-5-7(15)3-4-9(8)12/h3-5,15H,6H2,1-2H3,(H,13,16). The van der Waals surface area contributed by atoms with E-state index in [2.05, 4.69) is 5.32 Å². The smallest absolute Gasteiger partial charge is 0.255 e. The second-order valence-corrected chi connectivity index (χ2v) is 3.91. The Kier molecular flexibility index (Phi) is 4.34. The Morgan fingerprint density at radius 1 is 1.47 bits per heavy atom. The second-order valence-electron chi connectivity index (χ2n) is 3.50. The average Bonchev–Trinajstić information content (AvgIpc) is 2.31. The molecule has 0 fully saturated rings. The second kappa shape index (κ2) is 5.54. The molecule has 2 N–H and O–H groups in total. The van der Waals surface area contributed by atoms with E-state index in [1.807, 2.05) is 0 Å². The highest BCUT2D eigenvalue weighted by molar-refractivity contribution is 6.33. The third-order valence-corrected chi connectivity index (χ3v) is 2.52. The molecule has 0 bridgehead atoms. The van der Waals surface area contributed by atoms with Crippen molar-refractivity contribution in [2.24, 2.45) is 0 Å². The highest BCUT2D eigenvalue weighted by Crippen LogP contribution is 2.22. The Morgan fingerprint density at radius 3 is 2.71 bits per heavy atom. The Bertz CT molecular complexity index is 448. The number of phenolic OH excluding ortho intramolecular Hbond substituents is 1.